The van der Waals surface area contributed by atoms with Gasteiger partial charge in [-0.15, -0.1) is 0 Å². The van der Waals surface area contributed by atoms with Crippen molar-refractivity contribution in [1.29, 1.82) is 0 Å². The van der Waals surface area contributed by atoms with Crippen molar-refractivity contribution in [2.24, 2.45) is 0 Å². The van der Waals surface area contributed by atoms with Gasteiger partial charge in [-0.2, -0.15) is 0 Å². The van der Waals surface area contributed by atoms with Crippen molar-refractivity contribution in [3.05, 3.63) is 23.3 Å². The predicted molar refractivity (Wildman–Crippen MR) is 69.0 cm³/mol. The molecule has 1 atom stereocenters. The van der Waals surface area contributed by atoms with E-state index in [0.717, 1.165) is 30.0 Å². The Balaban J connectivity index is 2.26. The van der Waals surface area contributed by atoms with Crippen LogP contribution in [0.25, 0.3) is 0 Å². The lowest BCUT2D eigenvalue weighted by Crippen LogP contribution is -2.23. The van der Waals surface area contributed by atoms with Crippen LogP contribution >= 0.6 is 0 Å². The minimum atomic E-state index is 0.580. The molecule has 1 saturated heterocycles. The topological polar surface area (TPSA) is 30.5 Å². The third kappa shape index (κ3) is 2.55. The van der Waals surface area contributed by atoms with Gasteiger partial charge in [0.25, 0.3) is 0 Å². The lowest BCUT2D eigenvalue weighted by molar-refractivity contribution is 0.348. The van der Waals surface area contributed by atoms with Crippen LogP contribution in [-0.2, 0) is 6.42 Å². The van der Waals surface area contributed by atoms with Crippen LogP contribution in [0.2, 0.25) is 0 Å². The average molecular weight is 235 g/mol. The monoisotopic (exact) mass is 235 g/mol. The highest BCUT2D eigenvalue weighted by atomic mass is 16.5. The van der Waals surface area contributed by atoms with Gasteiger partial charge in [0.15, 0.2) is 11.5 Å². The molecule has 1 aromatic rings. The molecular formula is C14H21NO2. The van der Waals surface area contributed by atoms with E-state index in [0.29, 0.717) is 6.04 Å². The number of hydrogen-bond acceptors (Lipinski definition) is 3. The summed E-state index contributed by atoms with van der Waals surface area (Å²) in [6.07, 6.45) is 3.54. The molecule has 1 fully saturated rings. The van der Waals surface area contributed by atoms with Crippen LogP contribution in [0.5, 0.6) is 11.5 Å². The minimum absolute atomic E-state index is 0.580. The number of benzene rings is 1. The Morgan fingerprint density at radius 1 is 1.24 bits per heavy atom. The fraction of sp³-hybridized carbons (Fsp3) is 0.571. The standard InChI is InChI=1S/C14H21NO2/c1-10-6-7-11(9-12-5-4-8-15-12)14(17-3)13(10)16-2/h6-7,12,15H,4-5,8-9H2,1-3H3. The van der Waals surface area contributed by atoms with Crippen LogP contribution < -0.4 is 14.8 Å². The van der Waals surface area contributed by atoms with E-state index in [9.17, 15) is 0 Å². The molecule has 94 valence electrons. The molecule has 0 saturated carbocycles. The largest absolute Gasteiger partial charge is 0.493 e. The number of rotatable bonds is 4. The van der Waals surface area contributed by atoms with Gasteiger partial charge in [0.05, 0.1) is 14.2 Å². The lowest BCUT2D eigenvalue weighted by Gasteiger charge is -2.17. The maximum atomic E-state index is 5.51. The van der Waals surface area contributed by atoms with Gasteiger partial charge in [0, 0.05) is 6.04 Å². The average Bonchev–Trinajstić information content (AvgIpc) is 2.83. The van der Waals surface area contributed by atoms with Crippen molar-refractivity contribution in [1.82, 2.24) is 5.32 Å². The summed E-state index contributed by atoms with van der Waals surface area (Å²) in [6.45, 7) is 3.18. The van der Waals surface area contributed by atoms with Crippen LogP contribution in [0.1, 0.15) is 24.0 Å². The van der Waals surface area contributed by atoms with E-state index in [4.69, 9.17) is 9.47 Å². The Bertz CT molecular complexity index is 384. The molecular weight excluding hydrogens is 214 g/mol. The molecule has 1 heterocycles. The molecule has 1 aromatic carbocycles. The summed E-state index contributed by atoms with van der Waals surface area (Å²) in [6, 6.07) is 4.83. The van der Waals surface area contributed by atoms with Gasteiger partial charge in [0.1, 0.15) is 0 Å². The highest BCUT2D eigenvalue weighted by molar-refractivity contribution is 5.51. The Labute approximate surface area is 103 Å². The van der Waals surface area contributed by atoms with E-state index < -0.39 is 0 Å². The van der Waals surface area contributed by atoms with E-state index in [1.165, 1.54) is 18.4 Å². The van der Waals surface area contributed by atoms with Gasteiger partial charge >= 0.3 is 0 Å². The van der Waals surface area contributed by atoms with Gasteiger partial charge in [-0.25, -0.2) is 0 Å². The molecule has 2 rings (SSSR count). The lowest BCUT2D eigenvalue weighted by atomic mass is 10.0. The van der Waals surface area contributed by atoms with Gasteiger partial charge in [-0.05, 0) is 43.9 Å². The van der Waals surface area contributed by atoms with Gasteiger partial charge < -0.3 is 14.8 Å². The molecule has 1 N–H and O–H groups in total. The summed E-state index contributed by atoms with van der Waals surface area (Å²) in [5, 5.41) is 3.51. The van der Waals surface area contributed by atoms with Crippen LogP contribution in [0.15, 0.2) is 12.1 Å². The van der Waals surface area contributed by atoms with Crippen molar-refractivity contribution >= 4 is 0 Å². The molecule has 0 radical (unpaired) electrons. The van der Waals surface area contributed by atoms with E-state index in [-0.39, 0.29) is 0 Å². The first-order valence-electron chi connectivity index (χ1n) is 6.20. The van der Waals surface area contributed by atoms with Crippen molar-refractivity contribution in [3.8, 4) is 11.5 Å². The van der Waals surface area contributed by atoms with Crippen LogP contribution in [0.3, 0.4) is 0 Å². The van der Waals surface area contributed by atoms with Crippen LogP contribution in [0.4, 0.5) is 0 Å². The Kier molecular flexibility index (Phi) is 3.89. The third-order valence-corrected chi connectivity index (χ3v) is 3.43. The third-order valence-electron chi connectivity index (χ3n) is 3.43. The molecule has 0 aliphatic carbocycles. The number of nitrogens with one attached hydrogen (secondary N) is 1. The van der Waals surface area contributed by atoms with Crippen LogP contribution in [0, 0.1) is 6.92 Å². The maximum absolute atomic E-state index is 5.51. The molecule has 0 spiro atoms. The zero-order chi connectivity index (χ0) is 12.3. The summed E-state index contributed by atoms with van der Waals surface area (Å²) in [5.41, 5.74) is 2.35. The zero-order valence-electron chi connectivity index (χ0n) is 10.9. The summed E-state index contributed by atoms with van der Waals surface area (Å²) in [4.78, 5) is 0. The molecule has 17 heavy (non-hydrogen) atoms. The molecule has 0 bridgehead atoms. The molecule has 3 nitrogen and oxygen atoms in total. The smallest absolute Gasteiger partial charge is 0.164 e. The van der Waals surface area contributed by atoms with Crippen molar-refractivity contribution in [3.63, 3.8) is 0 Å². The van der Waals surface area contributed by atoms with E-state index in [1.54, 1.807) is 14.2 Å². The number of ether oxygens (including phenoxy) is 2. The van der Waals surface area contributed by atoms with E-state index >= 15 is 0 Å². The first-order valence-corrected chi connectivity index (χ1v) is 6.20. The summed E-state index contributed by atoms with van der Waals surface area (Å²) >= 11 is 0. The molecule has 1 aliphatic heterocycles. The first kappa shape index (κ1) is 12.2. The fourth-order valence-corrected chi connectivity index (χ4v) is 2.54. The molecule has 1 unspecified atom stereocenters. The highest BCUT2D eigenvalue weighted by Crippen LogP contribution is 2.35. The Hall–Kier alpha value is -1.22. The Morgan fingerprint density at radius 3 is 2.59 bits per heavy atom. The quantitative estimate of drug-likeness (QED) is 0.868. The SMILES string of the molecule is COc1c(C)ccc(CC2CCCN2)c1OC. The zero-order valence-corrected chi connectivity index (χ0v) is 10.9. The van der Waals surface area contributed by atoms with E-state index in [1.807, 2.05) is 6.92 Å². The number of methoxy groups -OCH3 is 2. The summed E-state index contributed by atoms with van der Waals surface area (Å²) in [5.74, 6) is 1.75. The van der Waals surface area contributed by atoms with Crippen molar-refractivity contribution in [2.45, 2.75) is 32.2 Å². The minimum Gasteiger partial charge on any atom is -0.493 e. The van der Waals surface area contributed by atoms with Crippen molar-refractivity contribution < 1.29 is 9.47 Å². The van der Waals surface area contributed by atoms with Crippen LogP contribution in [-0.4, -0.2) is 26.8 Å². The summed E-state index contributed by atoms with van der Waals surface area (Å²) < 4.78 is 10.9. The predicted octanol–water partition coefficient (Wildman–Crippen LogP) is 2.31. The highest BCUT2D eigenvalue weighted by Gasteiger charge is 2.19. The van der Waals surface area contributed by atoms with Gasteiger partial charge in [-0.3, -0.25) is 0 Å². The van der Waals surface area contributed by atoms with Gasteiger partial charge in [0.2, 0.25) is 0 Å². The second-order valence-electron chi connectivity index (χ2n) is 4.61. The number of aryl methyl sites for hydroxylation is 1. The second kappa shape index (κ2) is 5.41. The maximum Gasteiger partial charge on any atom is 0.164 e. The Morgan fingerprint density at radius 2 is 2.00 bits per heavy atom. The van der Waals surface area contributed by atoms with E-state index in [2.05, 4.69) is 17.4 Å². The molecule has 1 aliphatic rings. The fourth-order valence-electron chi connectivity index (χ4n) is 2.54. The van der Waals surface area contributed by atoms with Crippen molar-refractivity contribution in [2.75, 3.05) is 20.8 Å². The molecule has 3 heteroatoms. The second-order valence-corrected chi connectivity index (χ2v) is 4.61. The first-order chi connectivity index (χ1) is 8.26. The normalized spacial score (nSPS) is 19.4. The van der Waals surface area contributed by atoms with Gasteiger partial charge in [-0.1, -0.05) is 12.1 Å². The molecule has 0 amide bonds. The summed E-state index contributed by atoms with van der Waals surface area (Å²) in [7, 11) is 3.41. The number of hydrogen-bond donors (Lipinski definition) is 1. The molecule has 0 aromatic heterocycles.